The third-order valence-corrected chi connectivity index (χ3v) is 1.63. The third kappa shape index (κ3) is 1.55. The highest BCUT2D eigenvalue weighted by Crippen LogP contribution is 2.17. The number of benzene rings is 1. The van der Waals surface area contributed by atoms with Crippen molar-refractivity contribution in [1.82, 2.24) is 10.1 Å². The van der Waals surface area contributed by atoms with Crippen LogP contribution in [0.1, 0.15) is 0 Å². The molecule has 5 nitrogen and oxygen atoms in total. The fourth-order valence-electron chi connectivity index (χ4n) is 1.03. The minimum atomic E-state index is -0.352. The maximum atomic E-state index is 12.8. The third-order valence-electron chi connectivity index (χ3n) is 1.63. The molecule has 0 aliphatic heterocycles. The minimum Gasteiger partial charge on any atom is -0.314 e. The van der Waals surface area contributed by atoms with E-state index >= 15 is 0 Å². The number of nitrogen functional groups attached to an aromatic ring is 1. The van der Waals surface area contributed by atoms with Gasteiger partial charge in [-0.15, -0.1) is 0 Å². The summed E-state index contributed by atoms with van der Waals surface area (Å²) >= 11 is 0. The van der Waals surface area contributed by atoms with Crippen molar-refractivity contribution < 1.29 is 8.91 Å². The zero-order chi connectivity index (χ0) is 9.97. The van der Waals surface area contributed by atoms with Crippen molar-refractivity contribution in [3.8, 4) is 11.4 Å². The van der Waals surface area contributed by atoms with Crippen LogP contribution < -0.4 is 11.3 Å². The summed E-state index contributed by atoms with van der Waals surface area (Å²) in [5.41, 5.74) is 2.73. The molecule has 0 fully saturated rings. The summed E-state index contributed by atoms with van der Waals surface area (Å²) in [6.07, 6.45) is 0. The average molecular weight is 194 g/mol. The summed E-state index contributed by atoms with van der Waals surface area (Å²) in [5, 5.41) is 3.60. The van der Waals surface area contributed by atoms with Gasteiger partial charge in [0.2, 0.25) is 5.82 Å². The van der Waals surface area contributed by atoms with Gasteiger partial charge in [0.25, 0.3) is 0 Å². The lowest BCUT2D eigenvalue weighted by molar-refractivity contribution is 0.432. The van der Waals surface area contributed by atoms with Crippen LogP contribution in [0.15, 0.2) is 28.8 Å². The molecular weight excluding hydrogens is 187 g/mol. The van der Waals surface area contributed by atoms with E-state index < -0.39 is 0 Å². The van der Waals surface area contributed by atoms with E-state index in [4.69, 9.17) is 5.84 Å². The van der Waals surface area contributed by atoms with Crippen molar-refractivity contribution in [2.75, 3.05) is 5.43 Å². The molecule has 2 aromatic rings. The molecule has 14 heavy (non-hydrogen) atoms. The predicted octanol–water partition coefficient (Wildman–Crippen LogP) is 1.16. The van der Waals surface area contributed by atoms with Crippen LogP contribution in [0.5, 0.6) is 0 Å². The highest BCUT2D eigenvalue weighted by atomic mass is 19.1. The number of hydrogen-bond acceptors (Lipinski definition) is 5. The summed E-state index contributed by atoms with van der Waals surface area (Å²) < 4.78 is 17.5. The number of nitrogens with one attached hydrogen (secondary N) is 1. The van der Waals surface area contributed by atoms with Gasteiger partial charge in [0.15, 0.2) is 0 Å². The molecule has 0 radical (unpaired) electrons. The Kier molecular flexibility index (Phi) is 2.11. The van der Waals surface area contributed by atoms with Crippen LogP contribution in [0.2, 0.25) is 0 Å². The first-order valence-corrected chi connectivity index (χ1v) is 3.86. The minimum absolute atomic E-state index is 0.0873. The monoisotopic (exact) mass is 194 g/mol. The molecule has 0 bridgehead atoms. The Morgan fingerprint density at radius 2 is 2.29 bits per heavy atom. The number of halogens is 1. The molecule has 0 spiro atoms. The largest absolute Gasteiger partial charge is 0.335 e. The molecule has 0 unspecified atom stereocenters. The molecule has 0 amide bonds. The Hall–Kier alpha value is -1.95. The van der Waals surface area contributed by atoms with E-state index in [9.17, 15) is 4.39 Å². The Balaban J connectivity index is 2.39. The SMILES string of the molecule is NNc1nc(-c2cccc(F)c2)no1. The fourth-order valence-corrected chi connectivity index (χ4v) is 1.03. The van der Waals surface area contributed by atoms with Gasteiger partial charge in [0.1, 0.15) is 5.82 Å². The number of nitrogens with two attached hydrogens (primary N) is 1. The van der Waals surface area contributed by atoms with E-state index in [0.29, 0.717) is 5.56 Å². The number of hydrogen-bond donors (Lipinski definition) is 2. The lowest BCUT2D eigenvalue weighted by Crippen LogP contribution is -2.06. The predicted molar refractivity (Wildman–Crippen MR) is 47.5 cm³/mol. The topological polar surface area (TPSA) is 77.0 Å². The summed E-state index contributed by atoms with van der Waals surface area (Å²) in [6, 6.07) is 5.98. The van der Waals surface area contributed by atoms with Crippen LogP contribution in [-0.2, 0) is 0 Å². The van der Waals surface area contributed by atoms with Gasteiger partial charge >= 0.3 is 6.01 Å². The first kappa shape index (κ1) is 8.64. The van der Waals surface area contributed by atoms with Crippen LogP contribution in [-0.4, -0.2) is 10.1 Å². The fraction of sp³-hybridized carbons (Fsp3) is 0. The van der Waals surface area contributed by atoms with Gasteiger partial charge in [-0.25, -0.2) is 10.2 Å². The number of nitrogens with zero attached hydrogens (tertiary/aromatic N) is 2. The molecule has 0 saturated heterocycles. The zero-order valence-corrected chi connectivity index (χ0v) is 7.07. The van der Waals surface area contributed by atoms with Crippen LogP contribution in [0.3, 0.4) is 0 Å². The summed E-state index contributed by atoms with van der Waals surface area (Å²) in [5.74, 6) is 4.99. The van der Waals surface area contributed by atoms with Crippen molar-refractivity contribution in [3.63, 3.8) is 0 Å². The van der Waals surface area contributed by atoms with Crippen molar-refractivity contribution in [3.05, 3.63) is 30.1 Å². The molecule has 1 heterocycles. The number of rotatable bonds is 2. The van der Waals surface area contributed by atoms with Crippen molar-refractivity contribution in [2.24, 2.45) is 5.84 Å². The van der Waals surface area contributed by atoms with Crippen LogP contribution in [0, 0.1) is 5.82 Å². The lowest BCUT2D eigenvalue weighted by atomic mass is 10.2. The second-order valence-electron chi connectivity index (χ2n) is 2.58. The first-order valence-electron chi connectivity index (χ1n) is 3.86. The Bertz CT molecular complexity index is 442. The molecule has 0 atom stereocenters. The highest BCUT2D eigenvalue weighted by molar-refractivity contribution is 5.55. The van der Waals surface area contributed by atoms with E-state index in [1.807, 2.05) is 0 Å². The molecule has 1 aromatic carbocycles. The van der Waals surface area contributed by atoms with Gasteiger partial charge in [0.05, 0.1) is 0 Å². The van der Waals surface area contributed by atoms with Crippen molar-refractivity contribution in [2.45, 2.75) is 0 Å². The van der Waals surface area contributed by atoms with E-state index in [-0.39, 0.29) is 17.7 Å². The Morgan fingerprint density at radius 3 is 2.93 bits per heavy atom. The maximum Gasteiger partial charge on any atom is 0.335 e. The second kappa shape index (κ2) is 3.43. The van der Waals surface area contributed by atoms with Gasteiger partial charge in [-0.2, -0.15) is 4.98 Å². The van der Waals surface area contributed by atoms with E-state index in [1.54, 1.807) is 12.1 Å². The molecule has 0 aliphatic rings. The van der Waals surface area contributed by atoms with E-state index in [2.05, 4.69) is 20.1 Å². The van der Waals surface area contributed by atoms with Gasteiger partial charge in [-0.3, -0.25) is 5.43 Å². The van der Waals surface area contributed by atoms with Crippen molar-refractivity contribution >= 4 is 6.01 Å². The molecule has 72 valence electrons. The number of hydrazine groups is 1. The summed E-state index contributed by atoms with van der Waals surface area (Å²) in [4.78, 5) is 3.86. The molecule has 0 aliphatic carbocycles. The van der Waals surface area contributed by atoms with E-state index in [1.165, 1.54) is 12.1 Å². The van der Waals surface area contributed by atoms with Gasteiger partial charge in [-0.05, 0) is 12.1 Å². The summed E-state index contributed by atoms with van der Waals surface area (Å²) in [7, 11) is 0. The standard InChI is InChI=1S/C8H7FN4O/c9-6-3-1-2-5(4-6)7-11-8(12-10)14-13-7/h1-4H,10H2,(H,11,12,13). The molecular formula is C8H7FN4O. The smallest absolute Gasteiger partial charge is 0.314 e. The van der Waals surface area contributed by atoms with Crippen LogP contribution >= 0.6 is 0 Å². The average Bonchev–Trinajstić information content (AvgIpc) is 2.66. The van der Waals surface area contributed by atoms with Gasteiger partial charge in [0, 0.05) is 5.56 Å². The van der Waals surface area contributed by atoms with Crippen LogP contribution in [0.4, 0.5) is 10.4 Å². The highest BCUT2D eigenvalue weighted by Gasteiger charge is 2.07. The zero-order valence-electron chi connectivity index (χ0n) is 7.07. The maximum absolute atomic E-state index is 12.8. The quantitative estimate of drug-likeness (QED) is 0.554. The Morgan fingerprint density at radius 1 is 1.43 bits per heavy atom. The van der Waals surface area contributed by atoms with Crippen molar-refractivity contribution in [1.29, 1.82) is 0 Å². The lowest BCUT2D eigenvalue weighted by Gasteiger charge is -1.92. The molecule has 0 saturated carbocycles. The molecule has 3 N–H and O–H groups in total. The molecule has 1 aromatic heterocycles. The molecule has 2 rings (SSSR count). The molecule has 6 heteroatoms. The Labute approximate surface area is 78.7 Å². The number of anilines is 1. The second-order valence-corrected chi connectivity index (χ2v) is 2.58. The first-order chi connectivity index (χ1) is 6.79. The normalized spacial score (nSPS) is 10.1. The van der Waals surface area contributed by atoms with Gasteiger partial charge in [-0.1, -0.05) is 17.3 Å². The van der Waals surface area contributed by atoms with Gasteiger partial charge < -0.3 is 4.52 Å². The van der Waals surface area contributed by atoms with Crippen LogP contribution in [0.25, 0.3) is 11.4 Å². The summed E-state index contributed by atoms with van der Waals surface area (Å²) in [6.45, 7) is 0. The number of aromatic nitrogens is 2. The van der Waals surface area contributed by atoms with E-state index in [0.717, 1.165) is 0 Å².